The number of aliphatic hydroxyl groups excluding tert-OH is 3. The Morgan fingerprint density at radius 2 is 1.39 bits per heavy atom. The summed E-state index contributed by atoms with van der Waals surface area (Å²) in [6.45, 7) is 3.28. The minimum atomic E-state index is -4.46. The van der Waals surface area contributed by atoms with Crippen LogP contribution in [0.25, 0.3) is 0 Å². The molecule has 0 spiro atoms. The molecule has 6 N–H and O–H groups in total. The second kappa shape index (κ2) is 34.9. The molecule has 0 saturated carbocycles. The van der Waals surface area contributed by atoms with Gasteiger partial charge in [0.1, 0.15) is 6.61 Å². The Kier molecular flexibility index (Phi) is 32.5. The van der Waals surface area contributed by atoms with Crippen LogP contribution in [-0.4, -0.2) is 89.2 Å². The van der Waals surface area contributed by atoms with Gasteiger partial charge in [0.2, 0.25) is 0 Å². The lowest BCUT2D eigenvalue weighted by molar-refractivity contribution is -0.199. The molecule has 13 nitrogen and oxygen atoms in total. The number of esters is 2. The van der Waals surface area contributed by atoms with Crippen molar-refractivity contribution in [1.82, 2.24) is 0 Å². The fourth-order valence-electron chi connectivity index (χ4n) is 6.43. The molecule has 1 aliphatic rings. The van der Waals surface area contributed by atoms with E-state index < -0.39 is 57.1 Å². The first-order valence-electron chi connectivity index (χ1n) is 21.9. The minimum Gasteiger partial charge on any atom is -0.462 e. The van der Waals surface area contributed by atoms with E-state index in [0.29, 0.717) is 32.1 Å². The molecule has 1 heterocycles. The van der Waals surface area contributed by atoms with Crippen LogP contribution in [-0.2, 0) is 37.4 Å². The smallest absolute Gasteiger partial charge is 0.462 e. The van der Waals surface area contributed by atoms with Crippen LogP contribution in [0.1, 0.15) is 162 Å². The maximum atomic E-state index is 12.7. The van der Waals surface area contributed by atoms with Gasteiger partial charge >= 0.3 is 19.8 Å². The normalized spacial score (nSPS) is 21.0. The third-order valence-corrected chi connectivity index (χ3v) is 10.8. The number of hydrogen-bond donors (Lipinski definition) is 5. The number of carbonyl (C=O) groups excluding carboxylic acids is 2. The Bertz CT molecular complexity index is 1150. The summed E-state index contributed by atoms with van der Waals surface area (Å²) in [5.74, 6) is -1.35. The summed E-state index contributed by atoms with van der Waals surface area (Å²) in [6.07, 6.45) is 27.9. The van der Waals surface area contributed by atoms with Crippen molar-refractivity contribution >= 4 is 19.8 Å². The molecule has 0 aliphatic carbocycles. The molecular formula is C43H78NO12P. The van der Waals surface area contributed by atoms with Crippen LogP contribution in [0.2, 0.25) is 0 Å². The highest BCUT2D eigenvalue weighted by Gasteiger charge is 2.35. The van der Waals surface area contributed by atoms with Gasteiger partial charge in [-0.05, 0) is 57.8 Å². The van der Waals surface area contributed by atoms with E-state index in [0.717, 1.165) is 44.9 Å². The minimum absolute atomic E-state index is 0.00832. The fourth-order valence-corrected chi connectivity index (χ4v) is 7.20. The average Bonchev–Trinajstić information content (AvgIpc) is 3.17. The van der Waals surface area contributed by atoms with Crippen molar-refractivity contribution in [2.45, 2.75) is 192 Å². The van der Waals surface area contributed by atoms with Crippen molar-refractivity contribution in [1.29, 1.82) is 0 Å². The standard InChI is InChI=1S/C43H78NO12P/c1-3-5-7-8-9-10-11-12-13-14-15-16-17-18-23-27-41(47)52-34-37(35-54-57(50,51)53-32-31-44)55-42(48)28-24-20-19-22-26-38-39(46)33-43(49)56-40(38)30-29-36(45)25-21-6-4-2/h10-11,19,22,29-30,36-40,43,45-46,49H,3-9,12-18,20-21,23-28,31-35,44H2,1-2H3,(H,50,51)/b11-10-,22-19-,30-29+/t36-,37+,38-,39-,40+,43?/m0/s1. The number of phosphoric acid groups is 1. The molecule has 2 unspecified atom stereocenters. The molecule has 332 valence electrons. The molecule has 0 amide bonds. The van der Waals surface area contributed by atoms with E-state index in [1.54, 1.807) is 12.2 Å². The number of unbranched alkanes of at least 4 members (excludes halogenated alkanes) is 14. The van der Waals surface area contributed by atoms with Gasteiger partial charge in [0.25, 0.3) is 0 Å². The van der Waals surface area contributed by atoms with E-state index in [9.17, 15) is 34.4 Å². The van der Waals surface area contributed by atoms with Crippen molar-refractivity contribution in [3.8, 4) is 0 Å². The number of phosphoric ester groups is 1. The maximum Gasteiger partial charge on any atom is 0.472 e. The highest BCUT2D eigenvalue weighted by molar-refractivity contribution is 7.47. The molecule has 0 bridgehead atoms. The summed E-state index contributed by atoms with van der Waals surface area (Å²) in [4.78, 5) is 35.1. The predicted octanol–water partition coefficient (Wildman–Crippen LogP) is 8.27. The third-order valence-electron chi connectivity index (χ3n) is 9.79. The first kappa shape index (κ1) is 53.1. The monoisotopic (exact) mass is 832 g/mol. The number of carbonyl (C=O) groups is 2. The zero-order chi connectivity index (χ0) is 42.0. The second-order valence-electron chi connectivity index (χ2n) is 15.1. The highest BCUT2D eigenvalue weighted by Crippen LogP contribution is 2.43. The van der Waals surface area contributed by atoms with Gasteiger partial charge in [-0.3, -0.25) is 18.6 Å². The number of aliphatic hydroxyl groups is 3. The Morgan fingerprint density at radius 3 is 2.07 bits per heavy atom. The summed E-state index contributed by atoms with van der Waals surface area (Å²) in [5, 5.41) is 30.9. The zero-order valence-corrected chi connectivity index (χ0v) is 36.0. The molecule has 0 aromatic rings. The van der Waals surface area contributed by atoms with Crippen LogP contribution in [0.4, 0.5) is 0 Å². The summed E-state index contributed by atoms with van der Waals surface area (Å²) in [5.41, 5.74) is 5.34. The predicted molar refractivity (Wildman–Crippen MR) is 223 cm³/mol. The Balaban J connectivity index is 2.45. The second-order valence-corrected chi connectivity index (χ2v) is 16.5. The van der Waals surface area contributed by atoms with E-state index in [2.05, 4.69) is 26.0 Å². The van der Waals surface area contributed by atoms with E-state index in [4.69, 9.17) is 29.0 Å². The lowest BCUT2D eigenvalue weighted by Gasteiger charge is -2.36. The number of rotatable bonds is 36. The number of ether oxygens (including phenoxy) is 3. The molecular weight excluding hydrogens is 753 g/mol. The first-order chi connectivity index (χ1) is 27.5. The van der Waals surface area contributed by atoms with Crippen LogP contribution in [0.15, 0.2) is 36.5 Å². The van der Waals surface area contributed by atoms with Crippen LogP contribution < -0.4 is 5.73 Å². The molecule has 0 radical (unpaired) electrons. The summed E-state index contributed by atoms with van der Waals surface area (Å²) in [6, 6.07) is 0. The number of hydrogen-bond acceptors (Lipinski definition) is 12. The van der Waals surface area contributed by atoms with Gasteiger partial charge in [-0.25, -0.2) is 4.57 Å². The Hall–Kier alpha value is -1.93. The molecule has 0 aromatic heterocycles. The number of nitrogens with two attached hydrogens (primary N) is 1. The van der Waals surface area contributed by atoms with E-state index in [1.165, 1.54) is 51.4 Å². The van der Waals surface area contributed by atoms with Crippen molar-refractivity contribution in [3.05, 3.63) is 36.5 Å². The van der Waals surface area contributed by atoms with E-state index in [1.807, 2.05) is 12.2 Å². The van der Waals surface area contributed by atoms with Crippen molar-refractivity contribution in [2.75, 3.05) is 26.4 Å². The molecule has 1 saturated heterocycles. The van der Waals surface area contributed by atoms with E-state index in [-0.39, 0.29) is 44.9 Å². The SMILES string of the molecule is CCCCCC/C=C\CCCCCCCCCC(=O)OC[C@H](COP(=O)(O)OCCN)OC(=O)CCC/C=C\C[C@H]1[C@@H](O)CC(O)O[C@@H]1/C=C/[C@@H](O)CCCCC. The molecule has 57 heavy (non-hydrogen) atoms. The van der Waals surface area contributed by atoms with Gasteiger partial charge in [-0.2, -0.15) is 0 Å². The topological polar surface area (TPSA) is 204 Å². The Morgan fingerprint density at radius 1 is 0.789 bits per heavy atom. The van der Waals surface area contributed by atoms with Gasteiger partial charge in [0.05, 0.1) is 31.5 Å². The molecule has 14 heteroatoms. The lowest BCUT2D eigenvalue weighted by atomic mass is 9.87. The van der Waals surface area contributed by atoms with Crippen molar-refractivity contribution < 1.29 is 57.6 Å². The van der Waals surface area contributed by atoms with Gasteiger partial charge < -0.3 is 40.2 Å². The fraction of sp³-hybridized carbons (Fsp3) is 0.814. The summed E-state index contributed by atoms with van der Waals surface area (Å²) >= 11 is 0. The average molecular weight is 832 g/mol. The van der Waals surface area contributed by atoms with Crippen LogP contribution in [0, 0.1) is 5.92 Å². The number of allylic oxidation sites excluding steroid dienone is 4. The molecule has 0 aromatic carbocycles. The molecule has 7 atom stereocenters. The highest BCUT2D eigenvalue weighted by atomic mass is 31.2. The lowest BCUT2D eigenvalue weighted by Crippen LogP contribution is -2.43. The zero-order valence-electron chi connectivity index (χ0n) is 35.1. The quantitative estimate of drug-likeness (QED) is 0.0175. The van der Waals surface area contributed by atoms with Crippen LogP contribution in [0.5, 0.6) is 0 Å². The van der Waals surface area contributed by atoms with Crippen molar-refractivity contribution in [2.24, 2.45) is 11.7 Å². The third kappa shape index (κ3) is 29.9. The summed E-state index contributed by atoms with van der Waals surface area (Å²) in [7, 11) is -4.46. The first-order valence-corrected chi connectivity index (χ1v) is 23.4. The molecule has 1 fully saturated rings. The Labute approximate surface area is 343 Å². The van der Waals surface area contributed by atoms with Crippen LogP contribution >= 0.6 is 7.82 Å². The van der Waals surface area contributed by atoms with Gasteiger partial charge in [0.15, 0.2) is 12.4 Å². The molecule has 1 rings (SSSR count). The van der Waals surface area contributed by atoms with Gasteiger partial charge in [-0.1, -0.05) is 121 Å². The van der Waals surface area contributed by atoms with Crippen LogP contribution in [0.3, 0.4) is 0 Å². The van der Waals surface area contributed by atoms with E-state index >= 15 is 0 Å². The van der Waals surface area contributed by atoms with Gasteiger partial charge in [-0.15, -0.1) is 0 Å². The summed E-state index contributed by atoms with van der Waals surface area (Å²) < 4.78 is 38.4. The van der Waals surface area contributed by atoms with Crippen molar-refractivity contribution in [3.63, 3.8) is 0 Å². The maximum absolute atomic E-state index is 12.7. The van der Waals surface area contributed by atoms with Gasteiger partial charge in [0, 0.05) is 31.7 Å². The largest absolute Gasteiger partial charge is 0.472 e. The molecule has 1 aliphatic heterocycles.